The lowest BCUT2D eigenvalue weighted by molar-refractivity contribution is 0.131. The molecule has 1 saturated heterocycles. The van der Waals surface area contributed by atoms with Gasteiger partial charge in [-0.25, -0.2) is 4.39 Å². The number of piperidine rings is 1. The van der Waals surface area contributed by atoms with Crippen LogP contribution in [0.1, 0.15) is 18.4 Å². The van der Waals surface area contributed by atoms with Crippen LogP contribution in [0.5, 0.6) is 5.75 Å². The van der Waals surface area contributed by atoms with E-state index < -0.39 is 10.0 Å². The lowest BCUT2D eigenvalue weighted by Crippen LogP contribution is -2.41. The molecule has 0 unspecified atom stereocenters. The van der Waals surface area contributed by atoms with E-state index in [4.69, 9.17) is 4.74 Å². The van der Waals surface area contributed by atoms with E-state index in [9.17, 15) is 12.8 Å². The molecule has 2 heterocycles. The average molecular weight is 360 g/mol. The van der Waals surface area contributed by atoms with Crippen LogP contribution in [-0.4, -0.2) is 38.3 Å². The quantitative estimate of drug-likeness (QED) is 0.826. The highest BCUT2D eigenvalue weighted by molar-refractivity contribution is 7.90. The minimum Gasteiger partial charge on any atom is -0.490 e. The largest absolute Gasteiger partial charge is 0.490 e. The van der Waals surface area contributed by atoms with E-state index >= 15 is 0 Å². The Morgan fingerprint density at radius 3 is 2.44 bits per heavy atom. The number of halogens is 1. The molecule has 4 rings (SSSR count). The van der Waals surface area contributed by atoms with Crippen LogP contribution < -0.4 is 4.74 Å². The number of amidine groups is 1. The summed E-state index contributed by atoms with van der Waals surface area (Å²) in [6.45, 7) is 1.32. The minimum absolute atomic E-state index is 0.0237. The molecule has 0 radical (unpaired) electrons. The zero-order valence-corrected chi connectivity index (χ0v) is 14.2. The first-order valence-electron chi connectivity index (χ1n) is 8.14. The van der Waals surface area contributed by atoms with Gasteiger partial charge in [0.15, 0.2) is 5.84 Å². The molecule has 2 aromatic carbocycles. The maximum absolute atomic E-state index is 12.9. The van der Waals surface area contributed by atoms with Gasteiger partial charge >= 0.3 is 0 Å². The summed E-state index contributed by atoms with van der Waals surface area (Å²) in [5.74, 6) is 0.878. The van der Waals surface area contributed by atoms with Crippen LogP contribution in [-0.2, 0) is 10.0 Å². The molecule has 2 aliphatic rings. The monoisotopic (exact) mass is 360 g/mol. The Kier molecular flexibility index (Phi) is 3.95. The number of rotatable bonds is 2. The highest BCUT2D eigenvalue weighted by atomic mass is 32.2. The molecule has 0 amide bonds. The van der Waals surface area contributed by atoms with E-state index in [-0.39, 0.29) is 16.8 Å². The number of fused-ring (bicyclic) bond motifs is 1. The minimum atomic E-state index is -3.59. The molecule has 7 heteroatoms. The van der Waals surface area contributed by atoms with Gasteiger partial charge in [0.2, 0.25) is 0 Å². The maximum Gasteiger partial charge on any atom is 0.285 e. The van der Waals surface area contributed by atoms with Gasteiger partial charge in [0.25, 0.3) is 10.0 Å². The van der Waals surface area contributed by atoms with Crippen molar-refractivity contribution in [3.63, 3.8) is 0 Å². The highest BCUT2D eigenvalue weighted by Gasteiger charge is 2.33. The van der Waals surface area contributed by atoms with Crippen molar-refractivity contribution in [2.24, 2.45) is 4.40 Å². The summed E-state index contributed by atoms with van der Waals surface area (Å²) < 4.78 is 47.1. The summed E-state index contributed by atoms with van der Waals surface area (Å²) in [4.78, 5) is 2.27. The normalized spacial score (nSPS) is 19.4. The molecule has 0 bridgehead atoms. The molecule has 130 valence electrons. The van der Waals surface area contributed by atoms with Gasteiger partial charge in [-0.05, 0) is 36.4 Å². The van der Waals surface area contributed by atoms with Crippen LogP contribution in [0.3, 0.4) is 0 Å². The van der Waals surface area contributed by atoms with Crippen molar-refractivity contribution in [1.29, 1.82) is 0 Å². The molecular formula is C18H17FN2O3S. The molecular weight excluding hydrogens is 343 g/mol. The van der Waals surface area contributed by atoms with Crippen LogP contribution in [0.15, 0.2) is 57.8 Å². The molecule has 5 nitrogen and oxygen atoms in total. The van der Waals surface area contributed by atoms with Gasteiger partial charge in [-0.15, -0.1) is 4.40 Å². The van der Waals surface area contributed by atoms with Crippen LogP contribution in [0.25, 0.3) is 0 Å². The Balaban J connectivity index is 1.45. The Bertz CT molecular complexity index is 918. The van der Waals surface area contributed by atoms with Crippen LogP contribution in [0, 0.1) is 5.82 Å². The third-order valence-electron chi connectivity index (χ3n) is 4.47. The van der Waals surface area contributed by atoms with Crippen molar-refractivity contribution in [3.8, 4) is 5.75 Å². The standard InChI is InChI=1S/C18H17FN2O3S/c19-13-5-7-14(8-6-13)24-15-9-11-21(12-10-15)18-16-3-1-2-4-17(16)25(22,23)20-18/h1-8,15H,9-12H2. The first-order valence-corrected chi connectivity index (χ1v) is 9.58. The van der Waals surface area contributed by atoms with E-state index in [0.29, 0.717) is 30.2 Å². The van der Waals surface area contributed by atoms with Gasteiger partial charge in [0.1, 0.15) is 22.6 Å². The highest BCUT2D eigenvalue weighted by Crippen LogP contribution is 2.29. The van der Waals surface area contributed by atoms with Crippen LogP contribution in [0.4, 0.5) is 4.39 Å². The molecule has 0 atom stereocenters. The smallest absolute Gasteiger partial charge is 0.285 e. The van der Waals surface area contributed by atoms with Crippen molar-refractivity contribution in [2.75, 3.05) is 13.1 Å². The molecule has 1 fully saturated rings. The van der Waals surface area contributed by atoms with Gasteiger partial charge in [-0.1, -0.05) is 12.1 Å². The predicted octanol–water partition coefficient (Wildman–Crippen LogP) is 2.82. The van der Waals surface area contributed by atoms with Crippen molar-refractivity contribution < 1.29 is 17.5 Å². The zero-order chi connectivity index (χ0) is 17.4. The topological polar surface area (TPSA) is 59.0 Å². The second-order valence-electron chi connectivity index (χ2n) is 6.14. The lowest BCUT2D eigenvalue weighted by atomic mass is 10.1. The second kappa shape index (κ2) is 6.15. The Morgan fingerprint density at radius 2 is 1.72 bits per heavy atom. The van der Waals surface area contributed by atoms with Gasteiger partial charge in [0, 0.05) is 31.5 Å². The van der Waals surface area contributed by atoms with E-state index in [0.717, 1.165) is 12.8 Å². The van der Waals surface area contributed by atoms with Gasteiger partial charge < -0.3 is 9.64 Å². The predicted molar refractivity (Wildman–Crippen MR) is 91.8 cm³/mol. The van der Waals surface area contributed by atoms with Crippen molar-refractivity contribution in [3.05, 3.63) is 59.9 Å². The fraction of sp³-hybridized carbons (Fsp3) is 0.278. The first kappa shape index (κ1) is 16.1. The average Bonchev–Trinajstić information content (AvgIpc) is 2.90. The molecule has 0 aliphatic carbocycles. The Morgan fingerprint density at radius 1 is 1.04 bits per heavy atom. The summed E-state index contributed by atoms with van der Waals surface area (Å²) in [5, 5.41) is 0. The van der Waals surface area contributed by atoms with Crippen molar-refractivity contribution in [1.82, 2.24) is 4.90 Å². The summed E-state index contributed by atoms with van der Waals surface area (Å²) in [6.07, 6.45) is 1.52. The number of likely N-dealkylation sites (tertiary alicyclic amines) is 1. The number of sulfonamides is 1. The van der Waals surface area contributed by atoms with Crippen molar-refractivity contribution >= 4 is 15.9 Å². The van der Waals surface area contributed by atoms with Gasteiger partial charge in [-0.3, -0.25) is 0 Å². The van der Waals surface area contributed by atoms with E-state index in [1.165, 1.54) is 12.1 Å². The SMILES string of the molecule is O=S1(=O)N=C(N2CCC(Oc3ccc(F)cc3)CC2)c2ccccc21. The maximum atomic E-state index is 12.9. The molecule has 0 saturated carbocycles. The van der Waals surface area contributed by atoms with Crippen LogP contribution >= 0.6 is 0 Å². The lowest BCUT2D eigenvalue weighted by Gasteiger charge is -2.33. The molecule has 0 aromatic heterocycles. The molecule has 0 spiro atoms. The summed E-state index contributed by atoms with van der Waals surface area (Å²) in [5.41, 5.74) is 0.667. The van der Waals surface area contributed by atoms with Gasteiger partial charge in [0.05, 0.1) is 0 Å². The Labute approximate surface area is 145 Å². The molecule has 2 aromatic rings. The summed E-state index contributed by atoms with van der Waals surface area (Å²) in [7, 11) is -3.59. The number of nitrogens with zero attached hydrogens (tertiary/aromatic N) is 2. The molecule has 2 aliphatic heterocycles. The molecule has 0 N–H and O–H groups in total. The fourth-order valence-electron chi connectivity index (χ4n) is 3.21. The van der Waals surface area contributed by atoms with E-state index in [1.54, 1.807) is 30.3 Å². The van der Waals surface area contributed by atoms with E-state index in [1.807, 2.05) is 11.0 Å². The van der Waals surface area contributed by atoms with Crippen molar-refractivity contribution in [2.45, 2.75) is 23.8 Å². The number of ether oxygens (including phenoxy) is 1. The van der Waals surface area contributed by atoms with E-state index in [2.05, 4.69) is 4.40 Å². The number of benzene rings is 2. The number of hydrogen-bond donors (Lipinski definition) is 0. The summed E-state index contributed by atoms with van der Waals surface area (Å²) >= 11 is 0. The third-order valence-corrected chi connectivity index (χ3v) is 5.80. The number of hydrogen-bond acceptors (Lipinski definition) is 4. The summed E-state index contributed by atoms with van der Waals surface area (Å²) in [6, 6.07) is 12.9. The third kappa shape index (κ3) is 3.11. The second-order valence-corrected chi connectivity index (χ2v) is 7.72. The first-order chi connectivity index (χ1) is 12.0. The Hall–Kier alpha value is -2.41. The molecule has 25 heavy (non-hydrogen) atoms. The van der Waals surface area contributed by atoms with Gasteiger partial charge in [-0.2, -0.15) is 8.42 Å². The zero-order valence-electron chi connectivity index (χ0n) is 13.4. The fourth-order valence-corrected chi connectivity index (χ4v) is 4.44. The van der Waals surface area contributed by atoms with Crippen LogP contribution in [0.2, 0.25) is 0 Å².